The Hall–Kier alpha value is -2.83. The lowest BCUT2D eigenvalue weighted by atomic mass is 9.96. The number of nitrogens with zero attached hydrogens (tertiary/aromatic N) is 1. The number of halogens is 1. The predicted molar refractivity (Wildman–Crippen MR) is 134 cm³/mol. The van der Waals surface area contributed by atoms with E-state index < -0.39 is 22.5 Å². The zero-order valence-corrected chi connectivity index (χ0v) is 21.1. The average Bonchev–Trinajstić information content (AvgIpc) is 2.75. The zero-order valence-electron chi connectivity index (χ0n) is 19.5. The van der Waals surface area contributed by atoms with E-state index in [2.05, 4.69) is 17.4 Å². The second-order valence-corrected chi connectivity index (χ2v) is 10.6. The van der Waals surface area contributed by atoms with Gasteiger partial charge in [-0.25, -0.2) is 8.42 Å². The summed E-state index contributed by atoms with van der Waals surface area (Å²) in [7, 11) is -4.02. The Kier molecular flexibility index (Phi) is 7.50. The fraction of sp³-hybridized carbons (Fsp3) is 0.269. The molecule has 0 aliphatic heterocycles. The van der Waals surface area contributed by atoms with E-state index in [1.165, 1.54) is 17.7 Å². The highest BCUT2D eigenvalue weighted by molar-refractivity contribution is 7.92. The summed E-state index contributed by atoms with van der Waals surface area (Å²) >= 11 is 6.34. The number of para-hydroxylation sites is 1. The first kappa shape index (κ1) is 24.8. The minimum atomic E-state index is -4.02. The number of rotatable bonds is 7. The first-order valence-electron chi connectivity index (χ1n) is 10.7. The Morgan fingerprint density at radius 3 is 2.18 bits per heavy atom. The van der Waals surface area contributed by atoms with Gasteiger partial charge in [-0.3, -0.25) is 9.10 Å². The molecule has 5 nitrogen and oxygen atoms in total. The fourth-order valence-electron chi connectivity index (χ4n) is 3.74. The van der Waals surface area contributed by atoms with Crippen LogP contribution in [0.3, 0.4) is 0 Å². The Labute approximate surface area is 201 Å². The van der Waals surface area contributed by atoms with Crippen molar-refractivity contribution in [2.75, 3.05) is 10.8 Å². The van der Waals surface area contributed by atoms with Gasteiger partial charge in [0.1, 0.15) is 6.54 Å². The SMILES string of the molecule is Cc1ccc(S(=O)(=O)N(CC(=O)NC(C)c2cc(C)c(C)cc2C)c2ccccc2Cl)cc1. The van der Waals surface area contributed by atoms with Crippen molar-refractivity contribution in [2.45, 2.75) is 45.6 Å². The molecule has 0 radical (unpaired) electrons. The van der Waals surface area contributed by atoms with E-state index >= 15 is 0 Å². The average molecular weight is 485 g/mol. The molecule has 1 unspecified atom stereocenters. The van der Waals surface area contributed by atoms with Gasteiger partial charge in [-0.2, -0.15) is 0 Å². The summed E-state index contributed by atoms with van der Waals surface area (Å²) in [5.74, 6) is -0.421. The van der Waals surface area contributed by atoms with Crippen LogP contribution >= 0.6 is 11.6 Å². The van der Waals surface area contributed by atoms with Crippen LogP contribution in [-0.4, -0.2) is 20.9 Å². The highest BCUT2D eigenvalue weighted by atomic mass is 35.5. The summed E-state index contributed by atoms with van der Waals surface area (Å²) in [6.07, 6.45) is 0. The molecular weight excluding hydrogens is 456 g/mol. The van der Waals surface area contributed by atoms with Crippen molar-refractivity contribution >= 4 is 33.2 Å². The lowest BCUT2D eigenvalue weighted by Crippen LogP contribution is -2.41. The highest BCUT2D eigenvalue weighted by Crippen LogP contribution is 2.30. The predicted octanol–water partition coefficient (Wildman–Crippen LogP) is 5.65. The number of hydrogen-bond acceptors (Lipinski definition) is 3. The van der Waals surface area contributed by atoms with Crippen LogP contribution in [0.4, 0.5) is 5.69 Å². The van der Waals surface area contributed by atoms with E-state index in [-0.39, 0.29) is 21.6 Å². The van der Waals surface area contributed by atoms with Gasteiger partial charge in [-0.05, 0) is 81.1 Å². The minimum absolute atomic E-state index is 0.0962. The van der Waals surface area contributed by atoms with Gasteiger partial charge in [0.15, 0.2) is 0 Å². The molecule has 3 aromatic carbocycles. The monoisotopic (exact) mass is 484 g/mol. The van der Waals surface area contributed by atoms with Crippen LogP contribution in [-0.2, 0) is 14.8 Å². The number of carbonyl (C=O) groups excluding carboxylic acids is 1. The largest absolute Gasteiger partial charge is 0.348 e. The van der Waals surface area contributed by atoms with Crippen molar-refractivity contribution in [3.8, 4) is 0 Å². The molecule has 33 heavy (non-hydrogen) atoms. The number of anilines is 1. The van der Waals surface area contributed by atoms with Crippen LogP contribution in [0.5, 0.6) is 0 Å². The standard InChI is InChI=1S/C26H29ClN2O3S/c1-17-10-12-22(13-11-17)33(31,32)29(25-9-7-6-8-24(25)27)16-26(30)28-21(5)23-15-19(3)18(2)14-20(23)4/h6-15,21H,16H2,1-5H3,(H,28,30). The molecule has 0 bridgehead atoms. The molecule has 3 rings (SSSR count). The number of hydrogen-bond donors (Lipinski definition) is 1. The van der Waals surface area contributed by atoms with E-state index in [1.54, 1.807) is 36.4 Å². The third kappa shape index (κ3) is 5.57. The summed E-state index contributed by atoms with van der Waals surface area (Å²) < 4.78 is 28.1. The Balaban J connectivity index is 1.92. The van der Waals surface area contributed by atoms with Gasteiger partial charge in [-0.15, -0.1) is 0 Å². The Bertz CT molecular complexity index is 1270. The molecule has 0 fully saturated rings. The summed E-state index contributed by atoms with van der Waals surface area (Å²) in [6.45, 7) is 9.46. The third-order valence-electron chi connectivity index (χ3n) is 5.74. The number of carbonyl (C=O) groups is 1. The lowest BCUT2D eigenvalue weighted by molar-refractivity contribution is -0.120. The van der Waals surface area contributed by atoms with Crippen LogP contribution in [0.2, 0.25) is 5.02 Å². The molecule has 1 amide bonds. The molecule has 0 spiro atoms. The zero-order chi connectivity index (χ0) is 24.3. The van der Waals surface area contributed by atoms with Gasteiger partial charge in [0, 0.05) is 0 Å². The number of aryl methyl sites for hydroxylation is 4. The first-order chi connectivity index (χ1) is 15.5. The van der Waals surface area contributed by atoms with Crippen molar-refractivity contribution in [3.63, 3.8) is 0 Å². The van der Waals surface area contributed by atoms with Gasteiger partial charge in [0.2, 0.25) is 5.91 Å². The Morgan fingerprint density at radius 1 is 0.939 bits per heavy atom. The molecule has 174 valence electrons. The molecule has 3 aromatic rings. The smallest absolute Gasteiger partial charge is 0.264 e. The molecule has 0 aromatic heterocycles. The van der Waals surface area contributed by atoms with E-state index in [4.69, 9.17) is 11.6 Å². The normalized spacial score (nSPS) is 12.3. The second-order valence-electron chi connectivity index (χ2n) is 8.36. The molecule has 0 aliphatic carbocycles. The summed E-state index contributed by atoms with van der Waals surface area (Å²) in [5.41, 5.74) is 5.58. The summed E-state index contributed by atoms with van der Waals surface area (Å²) in [4.78, 5) is 13.2. The van der Waals surface area contributed by atoms with Crippen molar-refractivity contribution < 1.29 is 13.2 Å². The molecule has 7 heteroatoms. The van der Waals surface area contributed by atoms with E-state index in [1.807, 2.05) is 34.6 Å². The second kappa shape index (κ2) is 9.98. The van der Waals surface area contributed by atoms with E-state index in [9.17, 15) is 13.2 Å². The quantitative estimate of drug-likeness (QED) is 0.471. The van der Waals surface area contributed by atoms with E-state index in [0.29, 0.717) is 0 Å². The maximum Gasteiger partial charge on any atom is 0.264 e. The molecule has 0 heterocycles. The number of amides is 1. The first-order valence-corrected chi connectivity index (χ1v) is 12.5. The topological polar surface area (TPSA) is 66.5 Å². The molecule has 0 saturated carbocycles. The van der Waals surface area contributed by atoms with Gasteiger partial charge < -0.3 is 5.32 Å². The van der Waals surface area contributed by atoms with Gasteiger partial charge in [-0.1, -0.05) is 53.6 Å². The maximum absolute atomic E-state index is 13.5. The summed E-state index contributed by atoms with van der Waals surface area (Å²) in [6, 6.07) is 17.0. The maximum atomic E-state index is 13.5. The molecule has 1 atom stereocenters. The van der Waals surface area contributed by atoms with Crippen LogP contribution in [0.1, 0.15) is 40.8 Å². The summed E-state index contributed by atoms with van der Waals surface area (Å²) in [5, 5.41) is 3.20. The van der Waals surface area contributed by atoms with Gasteiger partial charge >= 0.3 is 0 Å². The van der Waals surface area contributed by atoms with Gasteiger partial charge in [0.05, 0.1) is 21.6 Å². The fourth-order valence-corrected chi connectivity index (χ4v) is 5.46. The van der Waals surface area contributed by atoms with Crippen LogP contribution in [0, 0.1) is 27.7 Å². The minimum Gasteiger partial charge on any atom is -0.348 e. The van der Waals surface area contributed by atoms with Gasteiger partial charge in [0.25, 0.3) is 10.0 Å². The molecule has 1 N–H and O–H groups in total. The lowest BCUT2D eigenvalue weighted by Gasteiger charge is -2.26. The molecule has 0 saturated heterocycles. The number of nitrogens with one attached hydrogen (secondary N) is 1. The van der Waals surface area contributed by atoms with E-state index in [0.717, 1.165) is 26.6 Å². The molecular formula is C26H29ClN2O3S. The molecule has 0 aliphatic rings. The Morgan fingerprint density at radius 2 is 1.55 bits per heavy atom. The number of sulfonamides is 1. The van der Waals surface area contributed by atoms with Crippen molar-refractivity contribution in [1.82, 2.24) is 5.32 Å². The van der Waals surface area contributed by atoms with Crippen LogP contribution < -0.4 is 9.62 Å². The van der Waals surface area contributed by atoms with Crippen molar-refractivity contribution in [3.05, 3.63) is 93.5 Å². The van der Waals surface area contributed by atoms with Crippen molar-refractivity contribution in [1.29, 1.82) is 0 Å². The van der Waals surface area contributed by atoms with Crippen LogP contribution in [0.25, 0.3) is 0 Å². The highest BCUT2D eigenvalue weighted by Gasteiger charge is 2.29. The third-order valence-corrected chi connectivity index (χ3v) is 7.84. The number of benzene rings is 3. The van der Waals surface area contributed by atoms with Crippen LogP contribution in [0.15, 0.2) is 65.6 Å². The van der Waals surface area contributed by atoms with Crippen molar-refractivity contribution in [2.24, 2.45) is 0 Å².